The Morgan fingerprint density at radius 3 is 2.20 bits per heavy atom. The van der Waals surface area contributed by atoms with Crippen LogP contribution < -0.4 is 0 Å². The normalized spacial score (nSPS) is 62.4. The molecule has 200 valence electrons. The van der Waals surface area contributed by atoms with E-state index in [-0.39, 0.29) is 23.4 Å². The van der Waals surface area contributed by atoms with Gasteiger partial charge in [0.05, 0.1) is 30.5 Å². The number of hydrogen-bond acceptors (Lipinski definition) is 5. The van der Waals surface area contributed by atoms with Crippen LogP contribution in [0.2, 0.25) is 0 Å². The number of hydrogen-bond donors (Lipinski definition) is 4. The lowest BCUT2D eigenvalue weighted by molar-refractivity contribution is -0.246. The standard InChI is InChI=1S/C30H50O5/c1-14(2)16(4)27(5)13-21(27)15(3)19-8-9-20-18-11-23-30(35-23)12-17(31)10-22(32)29(30,7)24(18)25(33)26(34)28(19,20)6/h14-26,31-34H,8-13H2,1-7H3/t15-,16+,17-,18-,19+,20-,21+,22-,23+,24+,25-,26+,27+,28+,29+,30+/m0/s1. The zero-order valence-corrected chi connectivity index (χ0v) is 22.9. The highest BCUT2D eigenvalue weighted by atomic mass is 16.6. The lowest BCUT2D eigenvalue weighted by atomic mass is 9.42. The SMILES string of the molecule is CC(C)[C@@H](C)[C@@]1(C)C[C@@H]1[C@@H](C)[C@H]1CC[C@H]2[C@@H]3C[C@H]4O[C@]45C[C@@H](O)C[C@H](O)[C@]5(C)[C@H]3[C@H](O)[C@@H](O)[C@]12C. The van der Waals surface area contributed by atoms with Crippen molar-refractivity contribution in [1.82, 2.24) is 0 Å². The molecule has 0 aromatic rings. The fraction of sp³-hybridized carbons (Fsp3) is 1.00. The van der Waals surface area contributed by atoms with Crippen LogP contribution in [0.1, 0.15) is 87.0 Å². The van der Waals surface area contributed by atoms with Crippen LogP contribution in [0.4, 0.5) is 0 Å². The third-order valence-corrected chi connectivity index (χ3v) is 14.0. The lowest BCUT2D eigenvalue weighted by Crippen LogP contribution is -2.70. The second-order valence-electron chi connectivity index (χ2n) is 15.1. The molecule has 5 heteroatoms. The Bertz CT molecular complexity index is 877. The molecular weight excluding hydrogens is 440 g/mol. The molecule has 0 aromatic carbocycles. The Labute approximate surface area is 212 Å². The first kappa shape index (κ1) is 25.1. The summed E-state index contributed by atoms with van der Waals surface area (Å²) in [6, 6.07) is 0. The maximum absolute atomic E-state index is 11.9. The van der Waals surface area contributed by atoms with Gasteiger partial charge < -0.3 is 25.2 Å². The quantitative estimate of drug-likeness (QED) is 0.447. The minimum absolute atomic E-state index is 0.0557. The van der Waals surface area contributed by atoms with Crippen LogP contribution in [0.3, 0.4) is 0 Å². The Kier molecular flexibility index (Phi) is 5.35. The van der Waals surface area contributed by atoms with Crippen LogP contribution in [0.5, 0.6) is 0 Å². The molecule has 0 unspecified atom stereocenters. The summed E-state index contributed by atoms with van der Waals surface area (Å²) in [5.74, 6) is 3.37. The van der Waals surface area contributed by atoms with Crippen molar-refractivity contribution in [3.8, 4) is 0 Å². The molecule has 1 saturated heterocycles. The van der Waals surface area contributed by atoms with Crippen LogP contribution in [0.15, 0.2) is 0 Å². The van der Waals surface area contributed by atoms with Crippen molar-refractivity contribution in [2.24, 2.45) is 63.6 Å². The van der Waals surface area contributed by atoms with E-state index in [1.165, 1.54) is 6.42 Å². The summed E-state index contributed by atoms with van der Waals surface area (Å²) in [6.45, 7) is 16.4. The molecule has 5 nitrogen and oxygen atoms in total. The van der Waals surface area contributed by atoms with Gasteiger partial charge in [-0.2, -0.15) is 0 Å². The molecule has 4 N–H and O–H groups in total. The molecule has 0 amide bonds. The van der Waals surface area contributed by atoms with E-state index in [4.69, 9.17) is 4.74 Å². The first-order valence-corrected chi connectivity index (χ1v) is 14.6. The summed E-state index contributed by atoms with van der Waals surface area (Å²) in [6.07, 6.45) is 2.34. The van der Waals surface area contributed by atoms with Crippen LogP contribution in [-0.2, 0) is 4.74 Å². The average molecular weight is 491 g/mol. The molecule has 1 aliphatic heterocycles. The zero-order chi connectivity index (χ0) is 25.5. The molecule has 16 atom stereocenters. The van der Waals surface area contributed by atoms with Gasteiger partial charge in [-0.3, -0.25) is 0 Å². The number of aliphatic hydroxyl groups excluding tert-OH is 4. The largest absolute Gasteiger partial charge is 0.393 e. The van der Waals surface area contributed by atoms with Crippen LogP contribution in [-0.4, -0.2) is 56.5 Å². The highest BCUT2D eigenvalue weighted by Gasteiger charge is 2.81. The molecule has 35 heavy (non-hydrogen) atoms. The molecule has 5 saturated carbocycles. The summed E-state index contributed by atoms with van der Waals surface area (Å²) < 4.78 is 6.36. The van der Waals surface area contributed by atoms with E-state index in [0.717, 1.165) is 19.3 Å². The van der Waals surface area contributed by atoms with Crippen molar-refractivity contribution in [1.29, 1.82) is 0 Å². The zero-order valence-electron chi connectivity index (χ0n) is 22.9. The van der Waals surface area contributed by atoms with E-state index in [9.17, 15) is 20.4 Å². The molecule has 0 aromatic heterocycles. The van der Waals surface area contributed by atoms with Gasteiger partial charge >= 0.3 is 0 Å². The number of aliphatic hydroxyl groups is 4. The predicted octanol–water partition coefficient (Wildman–Crippen LogP) is 4.00. The number of epoxide rings is 1. The van der Waals surface area contributed by atoms with Crippen molar-refractivity contribution in [2.45, 2.75) is 123 Å². The smallest absolute Gasteiger partial charge is 0.105 e. The monoisotopic (exact) mass is 490 g/mol. The number of fused-ring (bicyclic) bond motifs is 4. The summed E-state index contributed by atoms with van der Waals surface area (Å²) >= 11 is 0. The van der Waals surface area contributed by atoms with Gasteiger partial charge in [-0.1, -0.05) is 48.5 Å². The lowest BCUT2D eigenvalue weighted by Gasteiger charge is -2.63. The van der Waals surface area contributed by atoms with E-state index < -0.39 is 35.4 Å². The Morgan fingerprint density at radius 2 is 1.54 bits per heavy atom. The molecule has 6 aliphatic rings. The van der Waals surface area contributed by atoms with E-state index in [1.807, 2.05) is 0 Å². The molecule has 1 heterocycles. The van der Waals surface area contributed by atoms with Crippen molar-refractivity contribution < 1.29 is 25.2 Å². The summed E-state index contributed by atoms with van der Waals surface area (Å²) in [5.41, 5.74) is -1.11. The molecule has 0 radical (unpaired) electrons. The van der Waals surface area contributed by atoms with Gasteiger partial charge in [0.1, 0.15) is 5.60 Å². The van der Waals surface area contributed by atoms with E-state index in [0.29, 0.717) is 53.8 Å². The van der Waals surface area contributed by atoms with E-state index in [1.54, 1.807) is 0 Å². The first-order chi connectivity index (χ1) is 16.2. The molecule has 5 aliphatic carbocycles. The maximum Gasteiger partial charge on any atom is 0.105 e. The van der Waals surface area contributed by atoms with Gasteiger partial charge in [-0.05, 0) is 78.9 Å². The first-order valence-electron chi connectivity index (χ1n) is 14.6. The molecule has 0 bridgehead atoms. The second-order valence-corrected chi connectivity index (χ2v) is 15.1. The minimum Gasteiger partial charge on any atom is -0.393 e. The van der Waals surface area contributed by atoms with Crippen molar-refractivity contribution in [3.63, 3.8) is 0 Å². The van der Waals surface area contributed by atoms with Crippen LogP contribution in [0.25, 0.3) is 0 Å². The Morgan fingerprint density at radius 1 is 0.857 bits per heavy atom. The second kappa shape index (κ2) is 7.46. The molecule has 1 spiro atoms. The van der Waals surface area contributed by atoms with Gasteiger partial charge in [0.15, 0.2) is 0 Å². The third-order valence-electron chi connectivity index (χ3n) is 14.0. The van der Waals surface area contributed by atoms with E-state index in [2.05, 4.69) is 48.5 Å². The topological polar surface area (TPSA) is 93.5 Å². The average Bonchev–Trinajstić information content (AvgIpc) is 3.64. The highest BCUT2D eigenvalue weighted by molar-refractivity contribution is 5.28. The third kappa shape index (κ3) is 2.89. The Balaban J connectivity index is 1.31. The van der Waals surface area contributed by atoms with Crippen molar-refractivity contribution in [3.05, 3.63) is 0 Å². The molecular formula is C30H50O5. The summed E-state index contributed by atoms with van der Waals surface area (Å²) in [5, 5.41) is 45.5. The maximum atomic E-state index is 11.9. The van der Waals surface area contributed by atoms with Gasteiger partial charge in [0, 0.05) is 23.2 Å². The van der Waals surface area contributed by atoms with Gasteiger partial charge in [-0.15, -0.1) is 0 Å². The fourth-order valence-electron chi connectivity index (χ4n) is 11.4. The Hall–Kier alpha value is -0.200. The summed E-state index contributed by atoms with van der Waals surface area (Å²) in [4.78, 5) is 0. The van der Waals surface area contributed by atoms with E-state index >= 15 is 0 Å². The van der Waals surface area contributed by atoms with Crippen molar-refractivity contribution >= 4 is 0 Å². The van der Waals surface area contributed by atoms with Gasteiger partial charge in [0.25, 0.3) is 0 Å². The van der Waals surface area contributed by atoms with Crippen molar-refractivity contribution in [2.75, 3.05) is 0 Å². The molecule has 6 rings (SSSR count). The number of ether oxygens (including phenoxy) is 1. The van der Waals surface area contributed by atoms with Gasteiger partial charge in [0.2, 0.25) is 0 Å². The number of rotatable bonds is 4. The van der Waals surface area contributed by atoms with Gasteiger partial charge in [-0.25, -0.2) is 0 Å². The van der Waals surface area contributed by atoms with Crippen LogP contribution in [0, 0.1) is 63.6 Å². The minimum atomic E-state index is -0.869. The van der Waals surface area contributed by atoms with Crippen LogP contribution >= 0.6 is 0 Å². The highest BCUT2D eigenvalue weighted by Crippen LogP contribution is 2.75. The molecule has 6 fully saturated rings. The fourth-order valence-corrected chi connectivity index (χ4v) is 11.4. The predicted molar refractivity (Wildman–Crippen MR) is 134 cm³/mol. The summed E-state index contributed by atoms with van der Waals surface area (Å²) in [7, 11) is 0.